The second-order valence-corrected chi connectivity index (χ2v) is 23.8. The van der Waals surface area contributed by atoms with Crippen molar-refractivity contribution in [2.45, 2.75) is 243 Å². The molecule has 4 heterocycles. The van der Waals surface area contributed by atoms with Crippen molar-refractivity contribution in [3.05, 3.63) is 11.6 Å². The first-order valence-electron chi connectivity index (χ1n) is 25.9. The van der Waals surface area contributed by atoms with Crippen molar-refractivity contribution in [3.8, 4) is 0 Å². The molecule has 0 unspecified atom stereocenters. The smallest absolute Gasteiger partial charge is 0.187 e. The lowest BCUT2D eigenvalue weighted by atomic mass is 9.35. The topological polar surface area (TPSA) is 256 Å². The molecule has 25 atom stereocenters. The van der Waals surface area contributed by atoms with Gasteiger partial charge in [-0.1, -0.05) is 59.6 Å². The van der Waals surface area contributed by atoms with E-state index in [-0.39, 0.29) is 40.8 Å². The third-order valence-corrected chi connectivity index (χ3v) is 19.4. The molecule has 4 saturated carbocycles. The van der Waals surface area contributed by atoms with E-state index in [1.165, 1.54) is 6.92 Å². The van der Waals surface area contributed by atoms with Gasteiger partial charge in [0.05, 0.1) is 31.5 Å². The van der Waals surface area contributed by atoms with Crippen molar-refractivity contribution in [3.63, 3.8) is 0 Å². The Morgan fingerprint density at radius 2 is 1.37 bits per heavy atom. The molecule has 0 aromatic carbocycles. The molecule has 8 fully saturated rings. The van der Waals surface area contributed by atoms with Crippen molar-refractivity contribution in [2.24, 2.45) is 45.3 Å². The lowest BCUT2D eigenvalue weighted by Crippen LogP contribution is -2.67. The van der Waals surface area contributed by atoms with Crippen LogP contribution in [0.1, 0.15) is 133 Å². The van der Waals surface area contributed by atoms with Gasteiger partial charge in [0.2, 0.25) is 0 Å². The molecule has 4 aliphatic heterocycles. The number of hydrogen-bond acceptors (Lipinski definition) is 17. The minimum absolute atomic E-state index is 0.000658. The maximum absolute atomic E-state index is 12.8. The molecule has 0 aromatic heterocycles. The van der Waals surface area contributed by atoms with E-state index in [4.69, 9.17) is 37.9 Å². The van der Waals surface area contributed by atoms with E-state index in [1.54, 1.807) is 0 Å². The number of fused-ring (bicyclic) bond motifs is 5. The summed E-state index contributed by atoms with van der Waals surface area (Å²) in [5.74, 6) is 0.980. The van der Waals surface area contributed by atoms with Gasteiger partial charge in [0.15, 0.2) is 25.2 Å². The van der Waals surface area contributed by atoms with E-state index in [0.717, 1.165) is 63.4 Å². The normalized spacial score (nSPS) is 53.6. The van der Waals surface area contributed by atoms with E-state index in [1.807, 2.05) is 0 Å². The van der Waals surface area contributed by atoms with Crippen molar-refractivity contribution in [1.82, 2.24) is 0 Å². The molecule has 392 valence electrons. The molecule has 0 radical (unpaired) electrons. The number of aliphatic hydroxyl groups excluding tert-OH is 8. The number of aliphatic hydroxyl groups is 9. The molecule has 0 aromatic rings. The Labute approximate surface area is 402 Å². The van der Waals surface area contributed by atoms with Crippen molar-refractivity contribution < 1.29 is 83.9 Å². The summed E-state index contributed by atoms with van der Waals surface area (Å²) in [6, 6.07) is 0. The molecular weight excluding hydrogens is 885 g/mol. The first-order chi connectivity index (χ1) is 32.0. The van der Waals surface area contributed by atoms with Crippen LogP contribution in [0, 0.1) is 45.3 Å². The zero-order chi connectivity index (χ0) is 49.5. The molecule has 0 amide bonds. The predicted octanol–water partition coefficient (Wildman–Crippen LogP) is 2.80. The molecule has 4 saturated heterocycles. The van der Waals surface area contributed by atoms with Crippen molar-refractivity contribution >= 4 is 0 Å². The Hall–Kier alpha value is -0.940. The minimum Gasteiger partial charge on any atom is -0.394 e. The summed E-state index contributed by atoms with van der Waals surface area (Å²) in [6.07, 6.45) is -10.2. The number of unbranched alkanes of at least 4 members (excludes halogenated alkanes) is 1. The quantitative estimate of drug-likeness (QED) is 0.0731. The number of allylic oxidation sites excluding steroid dienone is 1. The fraction of sp³-hybridized carbons (Fsp3) is 0.961. The van der Waals surface area contributed by atoms with Crippen LogP contribution in [0.5, 0.6) is 0 Å². The second kappa shape index (κ2) is 20.1. The SMILES string of the molecule is CCCCO[C@@H]1O[C@H](C=C(C)C)C[C@]1(O)[C@H]1CC[C@]2(C)[C@@H]1CC[C@@H]1[C@@]3(C)CC[C@H](O[C@@H]4O[C@H](CO)[C@@H](O)[C@H](O[C@@H]5OC[C@@H](O)[C@H](O)[C@H]5O)[C@H]4O[C@@H]4O[C@@H](C)[C@H](O)[C@@H](O)[C@H]4O)C(C)(C)[C@@H]3CC[C@]12C. The molecule has 8 aliphatic rings. The Bertz CT molecular complexity index is 1750. The van der Waals surface area contributed by atoms with Crippen LogP contribution in [0.2, 0.25) is 0 Å². The maximum Gasteiger partial charge on any atom is 0.187 e. The number of ether oxygens (including phenoxy) is 8. The highest BCUT2D eigenvalue weighted by molar-refractivity contribution is 5.20. The predicted molar refractivity (Wildman–Crippen MR) is 244 cm³/mol. The molecule has 17 heteroatoms. The molecule has 0 spiro atoms. The Balaban J connectivity index is 1.04. The average Bonchev–Trinajstić information content (AvgIpc) is 3.81. The monoisotopic (exact) mass is 971 g/mol. The van der Waals surface area contributed by atoms with Crippen molar-refractivity contribution in [1.29, 1.82) is 0 Å². The summed E-state index contributed by atoms with van der Waals surface area (Å²) in [7, 11) is 0. The van der Waals surface area contributed by atoms with Crippen LogP contribution in [0.3, 0.4) is 0 Å². The first kappa shape index (κ1) is 53.4. The molecule has 68 heavy (non-hydrogen) atoms. The maximum atomic E-state index is 12.8. The van der Waals surface area contributed by atoms with E-state index in [9.17, 15) is 46.0 Å². The minimum atomic E-state index is -1.74. The van der Waals surface area contributed by atoms with Crippen LogP contribution in [0.25, 0.3) is 0 Å². The third kappa shape index (κ3) is 9.02. The zero-order valence-corrected chi connectivity index (χ0v) is 41.9. The summed E-state index contributed by atoms with van der Waals surface area (Å²) in [6.45, 7) is 19.3. The zero-order valence-electron chi connectivity index (χ0n) is 41.9. The first-order valence-corrected chi connectivity index (χ1v) is 25.9. The third-order valence-electron chi connectivity index (χ3n) is 19.4. The van der Waals surface area contributed by atoms with Crippen LogP contribution in [0.4, 0.5) is 0 Å². The lowest BCUT2D eigenvalue weighted by Gasteiger charge is -2.70. The van der Waals surface area contributed by atoms with Gasteiger partial charge >= 0.3 is 0 Å². The Morgan fingerprint density at radius 1 is 0.676 bits per heavy atom. The molecule has 17 nitrogen and oxygen atoms in total. The van der Waals surface area contributed by atoms with E-state index in [2.05, 4.69) is 61.5 Å². The standard InChI is InChI=1S/C51H86O17/c1-10-11-20-61-46-51(60,22-27(64-46)21-25(2)3)29-14-18-49(8)28(29)12-13-33-48(7)17-16-34(47(5,6)32(48)15-19-50(33,49)9)66-45-42(68-44-40(59)38(57)35(54)26(4)63-44)41(37(56)31(23-52)65-45)67-43-39(58)36(55)30(53)24-62-43/h21,26-46,52-60H,10-20,22-24H2,1-9H3/t26-,27+,28+,29-,30+,31+,32-,33+,34-,35-,36-,37+,38+,39+,40+,41-,42+,43-,44-,45-,46+,48-,49+,50+,51-/m0/s1. The highest BCUT2D eigenvalue weighted by Gasteiger charge is 2.71. The molecule has 4 aliphatic carbocycles. The second-order valence-electron chi connectivity index (χ2n) is 23.8. The highest BCUT2D eigenvalue weighted by Crippen LogP contribution is 2.76. The largest absolute Gasteiger partial charge is 0.394 e. The van der Waals surface area contributed by atoms with Gasteiger partial charge in [-0.3, -0.25) is 0 Å². The van der Waals surface area contributed by atoms with Gasteiger partial charge in [0.1, 0.15) is 66.6 Å². The number of hydrogen-bond donors (Lipinski definition) is 9. The van der Waals surface area contributed by atoms with E-state index < -0.39 is 116 Å². The highest BCUT2D eigenvalue weighted by atomic mass is 16.8. The van der Waals surface area contributed by atoms with Gasteiger partial charge in [-0.15, -0.1) is 0 Å². The molecule has 0 bridgehead atoms. The fourth-order valence-corrected chi connectivity index (χ4v) is 15.6. The van der Waals surface area contributed by atoms with Gasteiger partial charge in [-0.25, -0.2) is 0 Å². The molecule has 8 rings (SSSR count). The summed E-state index contributed by atoms with van der Waals surface area (Å²) in [5, 5.41) is 99.0. The average molecular weight is 971 g/mol. The number of rotatable bonds is 13. The van der Waals surface area contributed by atoms with Crippen LogP contribution in [-0.2, 0) is 37.9 Å². The van der Waals surface area contributed by atoms with Crippen LogP contribution < -0.4 is 0 Å². The molecule has 9 N–H and O–H groups in total. The van der Waals surface area contributed by atoms with E-state index >= 15 is 0 Å². The van der Waals surface area contributed by atoms with Gasteiger partial charge in [-0.2, -0.15) is 0 Å². The van der Waals surface area contributed by atoms with Gasteiger partial charge in [0.25, 0.3) is 0 Å². The van der Waals surface area contributed by atoms with Gasteiger partial charge in [-0.05, 0) is 124 Å². The summed E-state index contributed by atoms with van der Waals surface area (Å²) in [4.78, 5) is 0. The fourth-order valence-electron chi connectivity index (χ4n) is 15.6. The van der Waals surface area contributed by atoms with Gasteiger partial charge < -0.3 is 83.9 Å². The van der Waals surface area contributed by atoms with Crippen LogP contribution in [0.15, 0.2) is 11.6 Å². The Morgan fingerprint density at radius 3 is 2.06 bits per heavy atom. The summed E-state index contributed by atoms with van der Waals surface area (Å²) >= 11 is 0. The van der Waals surface area contributed by atoms with Crippen molar-refractivity contribution in [2.75, 3.05) is 19.8 Å². The lowest BCUT2D eigenvalue weighted by molar-refractivity contribution is -0.395. The van der Waals surface area contributed by atoms with E-state index in [0.29, 0.717) is 31.3 Å². The van der Waals surface area contributed by atoms with Gasteiger partial charge in [0, 0.05) is 13.0 Å². The van der Waals surface area contributed by atoms with Crippen LogP contribution in [-0.4, -0.2) is 176 Å². The summed E-state index contributed by atoms with van der Waals surface area (Å²) < 4.78 is 50.3. The Kier molecular flexibility index (Phi) is 15.7. The molecular formula is C51H86O17. The van der Waals surface area contributed by atoms with Crippen LogP contribution >= 0.6 is 0 Å². The summed E-state index contributed by atoms with van der Waals surface area (Å²) in [5.41, 5.74) is -0.454.